The topological polar surface area (TPSA) is 0 Å². The molecule has 0 atom stereocenters. The molecule has 0 aliphatic rings. The summed E-state index contributed by atoms with van der Waals surface area (Å²) >= 11 is 0. The molecule has 0 N–H and O–H groups in total. The molecule has 0 saturated carbocycles. The fourth-order valence-corrected chi connectivity index (χ4v) is 1.91. The Labute approximate surface area is 127 Å². The van der Waals surface area contributed by atoms with Crippen molar-refractivity contribution in [2.75, 3.05) is 0 Å². The van der Waals surface area contributed by atoms with Gasteiger partial charge in [0.15, 0.2) is 0 Å². The number of hydrogen-bond acceptors (Lipinski definition) is 0. The molecule has 0 bridgehead atoms. The molecule has 0 unspecified atom stereocenters. The van der Waals surface area contributed by atoms with Crippen LogP contribution in [0.5, 0.6) is 0 Å². The zero-order valence-corrected chi connectivity index (χ0v) is 12.4. The number of aryl methyl sites for hydroxylation is 1. The number of allylic oxidation sites excluding steroid dienone is 1. The van der Waals surface area contributed by atoms with E-state index in [-0.39, 0.29) is 12.8 Å². The van der Waals surface area contributed by atoms with Gasteiger partial charge < -0.3 is 0 Å². The van der Waals surface area contributed by atoms with Gasteiger partial charge in [0.05, 0.1) is 0 Å². The highest BCUT2D eigenvalue weighted by molar-refractivity contribution is 5.20. The first-order valence-corrected chi connectivity index (χ1v) is 7.22. The maximum Gasteiger partial charge on any atom is 0.458 e. The molecule has 0 nitrogen and oxygen atoms in total. The summed E-state index contributed by atoms with van der Waals surface area (Å²) in [4.78, 5) is 0. The van der Waals surface area contributed by atoms with Crippen molar-refractivity contribution in [3.63, 3.8) is 0 Å². The van der Waals surface area contributed by atoms with Crippen molar-refractivity contribution in [3.05, 3.63) is 53.3 Å². The number of hydrogen-bond donors (Lipinski definition) is 0. The number of alkyl halides is 5. The van der Waals surface area contributed by atoms with E-state index in [1.807, 2.05) is 6.92 Å². The molecule has 0 amide bonds. The Kier molecular flexibility index (Phi) is 6.82. The minimum absolute atomic E-state index is 0.121. The first-order valence-electron chi connectivity index (χ1n) is 7.22. The van der Waals surface area contributed by atoms with Crippen LogP contribution >= 0.6 is 0 Å². The number of unbranched alkanes of at least 4 members (excludes halogenated alkanes) is 2. The quantitative estimate of drug-likeness (QED) is 0.324. The van der Waals surface area contributed by atoms with E-state index in [4.69, 9.17) is 0 Å². The Bertz CT molecular complexity index is 508. The summed E-state index contributed by atoms with van der Waals surface area (Å²) in [6.07, 6.45) is -2.55. The first kappa shape index (κ1) is 18.4. The van der Waals surface area contributed by atoms with Crippen molar-refractivity contribution in [2.24, 2.45) is 0 Å². The zero-order chi connectivity index (χ0) is 16.6. The molecule has 1 rings (SSSR count). The van der Waals surface area contributed by atoms with Crippen molar-refractivity contribution in [1.82, 2.24) is 0 Å². The second-order valence-electron chi connectivity index (χ2n) is 5.03. The maximum atomic E-state index is 13.6. The SMILES string of the molecule is CCCCC=C=C(CCc1ccccc1)C(F)(F)C(F)(F)F. The third-order valence-corrected chi connectivity index (χ3v) is 3.22. The van der Waals surface area contributed by atoms with Crippen LogP contribution in [0.2, 0.25) is 0 Å². The summed E-state index contributed by atoms with van der Waals surface area (Å²) in [5.74, 6) is -4.84. The van der Waals surface area contributed by atoms with Crippen molar-refractivity contribution in [2.45, 2.75) is 51.1 Å². The lowest BCUT2D eigenvalue weighted by Crippen LogP contribution is -2.38. The minimum Gasteiger partial charge on any atom is -0.190 e. The molecule has 1 aromatic carbocycles. The van der Waals surface area contributed by atoms with Crippen molar-refractivity contribution in [3.8, 4) is 0 Å². The zero-order valence-electron chi connectivity index (χ0n) is 12.4. The average Bonchev–Trinajstić information content (AvgIpc) is 2.46. The molecule has 1 aromatic rings. The van der Waals surface area contributed by atoms with Gasteiger partial charge in [-0.15, -0.1) is 5.73 Å². The molecule has 0 aliphatic carbocycles. The fourth-order valence-electron chi connectivity index (χ4n) is 1.91. The van der Waals surface area contributed by atoms with Crippen LogP contribution in [-0.2, 0) is 6.42 Å². The van der Waals surface area contributed by atoms with Gasteiger partial charge in [-0.25, -0.2) is 0 Å². The van der Waals surface area contributed by atoms with Crippen LogP contribution in [-0.4, -0.2) is 12.1 Å². The van der Waals surface area contributed by atoms with Gasteiger partial charge in [0.25, 0.3) is 0 Å². The Balaban J connectivity index is 2.94. The van der Waals surface area contributed by atoms with E-state index >= 15 is 0 Å². The number of halogens is 5. The van der Waals surface area contributed by atoms with Gasteiger partial charge in [-0.2, -0.15) is 22.0 Å². The van der Waals surface area contributed by atoms with Crippen molar-refractivity contribution >= 4 is 0 Å². The summed E-state index contributed by atoms with van der Waals surface area (Å²) in [6.45, 7) is 1.91. The standard InChI is InChI=1S/C17H19F5/c1-2-3-4-8-11-15(16(18,19)17(20,21)22)13-12-14-9-6-5-7-10-14/h5-10H,2-4,12-13H2,1H3. The smallest absolute Gasteiger partial charge is 0.190 e. The lowest BCUT2D eigenvalue weighted by Gasteiger charge is -2.21. The Hall–Kier alpha value is -1.61. The van der Waals surface area contributed by atoms with Gasteiger partial charge in [0, 0.05) is 5.57 Å². The second-order valence-corrected chi connectivity index (χ2v) is 5.03. The molecular weight excluding hydrogens is 299 g/mol. The van der Waals surface area contributed by atoms with Crippen molar-refractivity contribution in [1.29, 1.82) is 0 Å². The molecule has 0 aliphatic heterocycles. The van der Waals surface area contributed by atoms with E-state index in [2.05, 4.69) is 5.73 Å². The largest absolute Gasteiger partial charge is 0.458 e. The minimum atomic E-state index is -5.59. The van der Waals surface area contributed by atoms with Gasteiger partial charge >= 0.3 is 12.1 Å². The molecule has 122 valence electrons. The average molecular weight is 318 g/mol. The molecule has 0 radical (unpaired) electrons. The third kappa shape index (κ3) is 5.30. The lowest BCUT2D eigenvalue weighted by atomic mass is 9.99. The first-order chi connectivity index (χ1) is 10.3. The summed E-state index contributed by atoms with van der Waals surface area (Å²) < 4.78 is 64.8. The summed E-state index contributed by atoms with van der Waals surface area (Å²) in [7, 11) is 0. The monoisotopic (exact) mass is 318 g/mol. The molecule has 0 aromatic heterocycles. The number of benzene rings is 1. The van der Waals surface area contributed by atoms with E-state index in [0.29, 0.717) is 12.0 Å². The fraction of sp³-hybridized carbons (Fsp3) is 0.471. The Morgan fingerprint density at radius 2 is 1.73 bits per heavy atom. The van der Waals surface area contributed by atoms with Crippen LogP contribution in [0.15, 0.2) is 47.7 Å². The van der Waals surface area contributed by atoms with Crippen LogP contribution in [0.4, 0.5) is 22.0 Å². The molecule has 0 spiro atoms. The normalized spacial score (nSPS) is 11.9. The predicted octanol–water partition coefficient (Wildman–Crippen LogP) is 6.09. The predicted molar refractivity (Wildman–Crippen MR) is 76.9 cm³/mol. The second kappa shape index (κ2) is 8.14. The van der Waals surface area contributed by atoms with Crippen molar-refractivity contribution < 1.29 is 22.0 Å². The molecule has 22 heavy (non-hydrogen) atoms. The Morgan fingerprint density at radius 1 is 1.09 bits per heavy atom. The summed E-state index contributed by atoms with van der Waals surface area (Å²) in [5.41, 5.74) is 1.91. The summed E-state index contributed by atoms with van der Waals surface area (Å²) in [6, 6.07) is 8.60. The van der Waals surface area contributed by atoms with Crippen LogP contribution < -0.4 is 0 Å². The van der Waals surface area contributed by atoms with Gasteiger partial charge in [-0.3, -0.25) is 0 Å². The van der Waals surface area contributed by atoms with E-state index in [1.54, 1.807) is 30.3 Å². The van der Waals surface area contributed by atoms with E-state index in [0.717, 1.165) is 12.8 Å². The van der Waals surface area contributed by atoms with E-state index in [9.17, 15) is 22.0 Å². The van der Waals surface area contributed by atoms with Crippen LogP contribution in [0.1, 0.15) is 38.2 Å². The Morgan fingerprint density at radius 3 is 2.27 bits per heavy atom. The summed E-state index contributed by atoms with van der Waals surface area (Å²) in [5, 5.41) is 0. The van der Waals surface area contributed by atoms with E-state index in [1.165, 1.54) is 6.08 Å². The highest BCUT2D eigenvalue weighted by atomic mass is 19.4. The van der Waals surface area contributed by atoms with Gasteiger partial charge in [-0.05, 0) is 37.3 Å². The van der Waals surface area contributed by atoms with Gasteiger partial charge in [0.2, 0.25) is 0 Å². The molecule has 0 fully saturated rings. The van der Waals surface area contributed by atoms with Crippen LogP contribution in [0.25, 0.3) is 0 Å². The van der Waals surface area contributed by atoms with Gasteiger partial charge in [-0.1, -0.05) is 43.7 Å². The highest BCUT2D eigenvalue weighted by Crippen LogP contribution is 2.42. The molecule has 0 saturated heterocycles. The van der Waals surface area contributed by atoms with Crippen LogP contribution in [0, 0.1) is 0 Å². The van der Waals surface area contributed by atoms with Gasteiger partial charge in [0.1, 0.15) is 0 Å². The van der Waals surface area contributed by atoms with E-state index < -0.39 is 17.7 Å². The number of rotatable bonds is 7. The highest BCUT2D eigenvalue weighted by Gasteiger charge is 2.59. The lowest BCUT2D eigenvalue weighted by molar-refractivity contribution is -0.265. The maximum absolute atomic E-state index is 13.6. The van der Waals surface area contributed by atoms with Crippen LogP contribution in [0.3, 0.4) is 0 Å². The third-order valence-electron chi connectivity index (χ3n) is 3.22. The molecule has 5 heteroatoms. The molecular formula is C17H19F5. The molecule has 0 heterocycles.